The summed E-state index contributed by atoms with van der Waals surface area (Å²) in [6.07, 6.45) is 4.32. The molecule has 0 aliphatic heterocycles. The van der Waals surface area contributed by atoms with Gasteiger partial charge in [0.2, 0.25) is 0 Å². The summed E-state index contributed by atoms with van der Waals surface area (Å²) in [6, 6.07) is 6.14. The van der Waals surface area contributed by atoms with Crippen molar-refractivity contribution in [2.24, 2.45) is 11.7 Å². The summed E-state index contributed by atoms with van der Waals surface area (Å²) >= 11 is 0. The van der Waals surface area contributed by atoms with Crippen molar-refractivity contribution in [1.82, 2.24) is 4.90 Å². The maximum absolute atomic E-state index is 13.6. The zero-order valence-electron chi connectivity index (χ0n) is 12.5. The standard InChI is InChI=1S/C16H24FN3O/c1-2-20(15-10-6-3-7-12(15)11-18)16(21)19-14-9-5-4-8-13(14)17/h4-5,8-9,12,15H,2-3,6-7,10-11,18H2,1H3,(H,19,21). The maximum atomic E-state index is 13.6. The van der Waals surface area contributed by atoms with E-state index in [1.54, 1.807) is 23.1 Å². The van der Waals surface area contributed by atoms with E-state index in [4.69, 9.17) is 5.73 Å². The number of carbonyl (C=O) groups excluding carboxylic acids is 1. The molecule has 0 heterocycles. The van der Waals surface area contributed by atoms with Crippen molar-refractivity contribution in [2.45, 2.75) is 38.6 Å². The third kappa shape index (κ3) is 3.73. The van der Waals surface area contributed by atoms with Crippen LogP contribution >= 0.6 is 0 Å². The Bertz CT molecular complexity index is 480. The van der Waals surface area contributed by atoms with E-state index in [9.17, 15) is 9.18 Å². The molecule has 1 aromatic carbocycles. The number of para-hydroxylation sites is 1. The molecule has 1 saturated carbocycles. The minimum atomic E-state index is -0.416. The van der Waals surface area contributed by atoms with Crippen LogP contribution in [0.2, 0.25) is 0 Å². The number of benzene rings is 1. The summed E-state index contributed by atoms with van der Waals surface area (Å²) < 4.78 is 13.6. The van der Waals surface area contributed by atoms with Gasteiger partial charge in [-0.1, -0.05) is 25.0 Å². The molecule has 2 rings (SSSR count). The van der Waals surface area contributed by atoms with Gasteiger partial charge in [-0.3, -0.25) is 0 Å². The molecule has 1 fully saturated rings. The highest BCUT2D eigenvalue weighted by molar-refractivity contribution is 5.89. The second-order valence-corrected chi connectivity index (χ2v) is 5.54. The third-order valence-corrected chi connectivity index (χ3v) is 4.29. The van der Waals surface area contributed by atoms with Crippen LogP contribution in [-0.4, -0.2) is 30.1 Å². The number of nitrogens with zero attached hydrogens (tertiary/aromatic N) is 1. The van der Waals surface area contributed by atoms with Crippen LogP contribution in [0.25, 0.3) is 0 Å². The van der Waals surface area contributed by atoms with Crippen LogP contribution in [0.5, 0.6) is 0 Å². The first-order chi connectivity index (χ1) is 10.2. The maximum Gasteiger partial charge on any atom is 0.322 e. The van der Waals surface area contributed by atoms with Crippen LogP contribution in [0.1, 0.15) is 32.6 Å². The number of rotatable bonds is 4. The van der Waals surface area contributed by atoms with Gasteiger partial charge in [-0.2, -0.15) is 0 Å². The molecule has 1 aliphatic carbocycles. The number of anilines is 1. The van der Waals surface area contributed by atoms with Gasteiger partial charge in [0.15, 0.2) is 0 Å². The van der Waals surface area contributed by atoms with Crippen molar-refractivity contribution in [2.75, 3.05) is 18.4 Å². The first-order valence-electron chi connectivity index (χ1n) is 7.69. The van der Waals surface area contributed by atoms with Gasteiger partial charge in [0.1, 0.15) is 5.82 Å². The average molecular weight is 293 g/mol. The molecule has 0 bridgehead atoms. The second-order valence-electron chi connectivity index (χ2n) is 5.54. The lowest BCUT2D eigenvalue weighted by molar-refractivity contribution is 0.135. The summed E-state index contributed by atoms with van der Waals surface area (Å²) in [5.74, 6) is -0.0778. The number of hydrogen-bond acceptors (Lipinski definition) is 2. The van der Waals surface area contributed by atoms with Crippen molar-refractivity contribution in [1.29, 1.82) is 0 Å². The normalized spacial score (nSPS) is 21.9. The lowest BCUT2D eigenvalue weighted by Gasteiger charge is -2.39. The molecule has 1 aliphatic rings. The van der Waals surface area contributed by atoms with Crippen LogP contribution in [-0.2, 0) is 0 Å². The number of urea groups is 1. The molecule has 116 valence electrons. The zero-order chi connectivity index (χ0) is 15.2. The number of halogens is 1. The second kappa shape index (κ2) is 7.41. The Hall–Kier alpha value is -1.62. The Morgan fingerprint density at radius 3 is 2.76 bits per heavy atom. The van der Waals surface area contributed by atoms with Gasteiger partial charge < -0.3 is 16.0 Å². The van der Waals surface area contributed by atoms with Crippen molar-refractivity contribution in [3.63, 3.8) is 0 Å². The van der Waals surface area contributed by atoms with Crippen LogP contribution in [0, 0.1) is 11.7 Å². The van der Waals surface area contributed by atoms with Crippen LogP contribution in [0.4, 0.5) is 14.9 Å². The van der Waals surface area contributed by atoms with Gasteiger partial charge in [-0.05, 0) is 44.4 Å². The number of nitrogens with one attached hydrogen (secondary N) is 1. The van der Waals surface area contributed by atoms with E-state index in [1.807, 2.05) is 6.92 Å². The monoisotopic (exact) mass is 293 g/mol. The topological polar surface area (TPSA) is 58.4 Å². The fourth-order valence-electron chi connectivity index (χ4n) is 3.15. The summed E-state index contributed by atoms with van der Waals surface area (Å²) in [7, 11) is 0. The number of amides is 2. The highest BCUT2D eigenvalue weighted by Gasteiger charge is 2.31. The molecule has 5 heteroatoms. The van der Waals surface area contributed by atoms with Crippen molar-refractivity contribution >= 4 is 11.7 Å². The molecule has 4 nitrogen and oxygen atoms in total. The Morgan fingerprint density at radius 2 is 2.10 bits per heavy atom. The molecule has 0 saturated heterocycles. The minimum Gasteiger partial charge on any atom is -0.330 e. The number of hydrogen-bond donors (Lipinski definition) is 2. The van der Waals surface area contributed by atoms with Crippen LogP contribution in [0.15, 0.2) is 24.3 Å². The third-order valence-electron chi connectivity index (χ3n) is 4.29. The van der Waals surface area contributed by atoms with E-state index in [0.29, 0.717) is 19.0 Å². The lowest BCUT2D eigenvalue weighted by atomic mass is 9.83. The molecule has 0 aromatic heterocycles. The fourth-order valence-corrected chi connectivity index (χ4v) is 3.15. The fraction of sp³-hybridized carbons (Fsp3) is 0.562. The molecule has 2 amide bonds. The predicted octanol–water partition coefficient (Wildman–Crippen LogP) is 3.20. The van der Waals surface area contributed by atoms with Gasteiger partial charge in [-0.15, -0.1) is 0 Å². The summed E-state index contributed by atoms with van der Waals surface area (Å²) in [5, 5.41) is 2.67. The molecule has 0 spiro atoms. The van der Waals surface area contributed by atoms with Gasteiger partial charge in [-0.25, -0.2) is 9.18 Å². The van der Waals surface area contributed by atoms with Crippen LogP contribution < -0.4 is 11.1 Å². The summed E-state index contributed by atoms with van der Waals surface area (Å²) in [6.45, 7) is 3.14. The smallest absolute Gasteiger partial charge is 0.322 e. The summed E-state index contributed by atoms with van der Waals surface area (Å²) in [5.41, 5.74) is 6.07. The van der Waals surface area contributed by atoms with Crippen molar-refractivity contribution in [3.05, 3.63) is 30.1 Å². The predicted molar refractivity (Wildman–Crippen MR) is 82.6 cm³/mol. The minimum absolute atomic E-state index is 0.153. The van der Waals surface area contributed by atoms with E-state index >= 15 is 0 Å². The molecule has 3 N–H and O–H groups in total. The summed E-state index contributed by atoms with van der Waals surface area (Å²) in [4.78, 5) is 14.3. The van der Waals surface area contributed by atoms with Crippen molar-refractivity contribution < 1.29 is 9.18 Å². The van der Waals surface area contributed by atoms with Gasteiger partial charge in [0.25, 0.3) is 0 Å². The first kappa shape index (κ1) is 15.8. The molecule has 21 heavy (non-hydrogen) atoms. The molecule has 2 unspecified atom stereocenters. The highest BCUT2D eigenvalue weighted by Crippen LogP contribution is 2.28. The number of carbonyl (C=O) groups is 1. The Labute approximate surface area is 125 Å². The van der Waals surface area contributed by atoms with Gasteiger partial charge >= 0.3 is 6.03 Å². The quantitative estimate of drug-likeness (QED) is 0.895. The highest BCUT2D eigenvalue weighted by atomic mass is 19.1. The molecular formula is C16H24FN3O. The largest absolute Gasteiger partial charge is 0.330 e. The number of nitrogens with two attached hydrogens (primary N) is 1. The Morgan fingerprint density at radius 1 is 1.38 bits per heavy atom. The van der Waals surface area contributed by atoms with E-state index in [2.05, 4.69) is 5.32 Å². The van der Waals surface area contributed by atoms with Gasteiger partial charge in [0.05, 0.1) is 5.69 Å². The van der Waals surface area contributed by atoms with E-state index in [1.165, 1.54) is 12.5 Å². The van der Waals surface area contributed by atoms with Gasteiger partial charge in [0, 0.05) is 12.6 Å². The SMILES string of the molecule is CCN(C(=O)Nc1ccccc1F)C1CCCCC1CN. The van der Waals surface area contributed by atoms with Crippen LogP contribution in [0.3, 0.4) is 0 Å². The first-order valence-corrected chi connectivity index (χ1v) is 7.69. The zero-order valence-corrected chi connectivity index (χ0v) is 12.5. The van der Waals surface area contributed by atoms with Crippen molar-refractivity contribution in [3.8, 4) is 0 Å². The Balaban J connectivity index is 2.09. The molecule has 1 aromatic rings. The van der Waals surface area contributed by atoms with E-state index < -0.39 is 5.82 Å². The molecule has 2 atom stereocenters. The van der Waals surface area contributed by atoms with E-state index in [-0.39, 0.29) is 17.8 Å². The van der Waals surface area contributed by atoms with E-state index in [0.717, 1.165) is 19.3 Å². The Kier molecular flexibility index (Phi) is 5.56. The molecular weight excluding hydrogens is 269 g/mol. The molecule has 0 radical (unpaired) electrons. The average Bonchev–Trinajstić information content (AvgIpc) is 2.51. The lowest BCUT2D eigenvalue weighted by Crippen LogP contribution is -2.49.